The molecule has 0 aliphatic carbocycles. The molecule has 0 saturated carbocycles. The SMILES string of the molecule is COC(=O)[C@H](Cc1ccccc1)NC(=O)COC(=O)c1cc(F)c(F)cc1Cl. The molecule has 0 aromatic heterocycles. The molecule has 0 unspecified atom stereocenters. The second-order valence-corrected chi connectivity index (χ2v) is 6.06. The van der Waals surface area contributed by atoms with Crippen LogP contribution in [0.5, 0.6) is 0 Å². The van der Waals surface area contributed by atoms with E-state index >= 15 is 0 Å². The Bertz CT molecular complexity index is 876. The first kappa shape index (κ1) is 21.3. The van der Waals surface area contributed by atoms with Gasteiger partial charge in [-0.1, -0.05) is 41.9 Å². The van der Waals surface area contributed by atoms with E-state index in [2.05, 4.69) is 10.1 Å². The van der Waals surface area contributed by atoms with Gasteiger partial charge in [-0.2, -0.15) is 0 Å². The summed E-state index contributed by atoms with van der Waals surface area (Å²) in [7, 11) is 1.18. The number of halogens is 3. The average molecular weight is 412 g/mol. The molecule has 0 aliphatic heterocycles. The topological polar surface area (TPSA) is 81.7 Å². The normalized spacial score (nSPS) is 11.4. The number of hydrogen-bond acceptors (Lipinski definition) is 5. The zero-order valence-electron chi connectivity index (χ0n) is 14.7. The van der Waals surface area contributed by atoms with Crippen molar-refractivity contribution in [2.45, 2.75) is 12.5 Å². The summed E-state index contributed by atoms with van der Waals surface area (Å²) in [5, 5.41) is 2.04. The van der Waals surface area contributed by atoms with Crippen LogP contribution in [-0.2, 0) is 25.5 Å². The number of ether oxygens (including phenoxy) is 2. The molecule has 0 bridgehead atoms. The highest BCUT2D eigenvalue weighted by Gasteiger charge is 2.23. The van der Waals surface area contributed by atoms with Crippen molar-refractivity contribution in [3.05, 3.63) is 70.2 Å². The number of amides is 1. The standard InChI is InChI=1S/C19H16ClF2NO5/c1-27-19(26)16(7-11-5-3-2-4-6-11)23-17(24)10-28-18(25)12-8-14(21)15(22)9-13(12)20/h2-6,8-9,16H,7,10H2,1H3,(H,23,24)/t16-/m0/s1. The fourth-order valence-electron chi connectivity index (χ4n) is 2.31. The van der Waals surface area contributed by atoms with Crippen molar-refractivity contribution >= 4 is 29.4 Å². The van der Waals surface area contributed by atoms with Crippen molar-refractivity contribution < 1.29 is 32.6 Å². The van der Waals surface area contributed by atoms with Crippen LogP contribution in [0.4, 0.5) is 8.78 Å². The molecule has 1 atom stereocenters. The van der Waals surface area contributed by atoms with Crippen LogP contribution in [0.25, 0.3) is 0 Å². The highest BCUT2D eigenvalue weighted by molar-refractivity contribution is 6.33. The van der Waals surface area contributed by atoms with Gasteiger partial charge in [-0.3, -0.25) is 4.79 Å². The molecule has 1 amide bonds. The third kappa shape index (κ3) is 5.75. The predicted octanol–water partition coefficient (Wildman–Crippen LogP) is 2.68. The first-order valence-electron chi connectivity index (χ1n) is 8.04. The van der Waals surface area contributed by atoms with Gasteiger partial charge in [-0.25, -0.2) is 18.4 Å². The molecule has 2 aromatic carbocycles. The minimum absolute atomic E-state index is 0.169. The van der Waals surface area contributed by atoms with Crippen molar-refractivity contribution in [2.75, 3.05) is 13.7 Å². The second kappa shape index (κ2) is 9.80. The quantitative estimate of drug-likeness (QED) is 0.559. The lowest BCUT2D eigenvalue weighted by atomic mass is 10.1. The van der Waals surface area contributed by atoms with Crippen molar-refractivity contribution in [1.29, 1.82) is 0 Å². The molecule has 6 nitrogen and oxygen atoms in total. The van der Waals surface area contributed by atoms with E-state index in [-0.39, 0.29) is 11.4 Å². The van der Waals surface area contributed by atoms with E-state index in [0.717, 1.165) is 5.56 Å². The number of hydrogen-bond donors (Lipinski definition) is 1. The number of rotatable bonds is 7. The van der Waals surface area contributed by atoms with Crippen LogP contribution >= 0.6 is 11.6 Å². The van der Waals surface area contributed by atoms with Crippen LogP contribution < -0.4 is 5.32 Å². The van der Waals surface area contributed by atoms with Gasteiger partial charge in [0.05, 0.1) is 17.7 Å². The Hall–Kier alpha value is -3.00. The van der Waals surface area contributed by atoms with Gasteiger partial charge < -0.3 is 14.8 Å². The molecule has 148 valence electrons. The summed E-state index contributed by atoms with van der Waals surface area (Å²) >= 11 is 5.68. The molecule has 2 rings (SSSR count). The molecule has 0 heterocycles. The smallest absolute Gasteiger partial charge is 0.340 e. The molecule has 9 heteroatoms. The minimum atomic E-state index is -1.28. The monoisotopic (exact) mass is 411 g/mol. The van der Waals surface area contributed by atoms with Gasteiger partial charge in [0.25, 0.3) is 5.91 Å². The van der Waals surface area contributed by atoms with E-state index in [1.54, 1.807) is 30.3 Å². The fraction of sp³-hybridized carbons (Fsp3) is 0.211. The molecule has 0 saturated heterocycles. The molecule has 28 heavy (non-hydrogen) atoms. The second-order valence-electron chi connectivity index (χ2n) is 5.66. The van der Waals surface area contributed by atoms with Crippen molar-refractivity contribution in [3.63, 3.8) is 0 Å². The summed E-state index contributed by atoms with van der Waals surface area (Å²) in [6.07, 6.45) is 0.169. The highest BCUT2D eigenvalue weighted by atomic mass is 35.5. The summed E-state index contributed by atoms with van der Waals surface area (Å²) in [5.74, 6) is -5.07. The average Bonchev–Trinajstić information content (AvgIpc) is 2.68. The third-order valence-electron chi connectivity index (χ3n) is 3.67. The van der Waals surface area contributed by atoms with Gasteiger partial charge in [0, 0.05) is 6.42 Å². The van der Waals surface area contributed by atoms with Crippen molar-refractivity contribution in [1.82, 2.24) is 5.32 Å². The van der Waals surface area contributed by atoms with Gasteiger partial charge in [0.2, 0.25) is 0 Å². The summed E-state index contributed by atoms with van der Waals surface area (Å²) in [6.45, 7) is -0.754. The van der Waals surface area contributed by atoms with Crippen LogP contribution in [0.3, 0.4) is 0 Å². The van der Waals surface area contributed by atoms with Crippen LogP contribution in [0.15, 0.2) is 42.5 Å². The Labute approximate surface area is 164 Å². The molecule has 0 fully saturated rings. The summed E-state index contributed by atoms with van der Waals surface area (Å²) in [4.78, 5) is 35.9. The van der Waals surface area contributed by atoms with Crippen LogP contribution in [0, 0.1) is 11.6 Å². The Morgan fingerprint density at radius 1 is 1.11 bits per heavy atom. The molecule has 1 N–H and O–H groups in total. The molecule has 2 aromatic rings. The lowest BCUT2D eigenvalue weighted by molar-refractivity contribution is -0.145. The predicted molar refractivity (Wildman–Crippen MR) is 95.7 cm³/mol. The van der Waals surface area contributed by atoms with Crippen LogP contribution in [0.1, 0.15) is 15.9 Å². The zero-order chi connectivity index (χ0) is 20.7. The molecule has 0 aliphatic rings. The van der Waals surface area contributed by atoms with Crippen LogP contribution in [0.2, 0.25) is 5.02 Å². The van der Waals surface area contributed by atoms with Gasteiger partial charge in [0.1, 0.15) is 6.04 Å². The number of carbonyl (C=O) groups excluding carboxylic acids is 3. The van der Waals surface area contributed by atoms with Crippen molar-refractivity contribution in [2.24, 2.45) is 0 Å². The fourth-order valence-corrected chi connectivity index (χ4v) is 2.54. The first-order valence-corrected chi connectivity index (χ1v) is 8.42. The van der Waals surface area contributed by atoms with Gasteiger partial charge >= 0.3 is 11.9 Å². The third-order valence-corrected chi connectivity index (χ3v) is 3.98. The van der Waals surface area contributed by atoms with E-state index < -0.39 is 47.7 Å². The number of carbonyl (C=O) groups is 3. The minimum Gasteiger partial charge on any atom is -0.467 e. The Morgan fingerprint density at radius 3 is 2.39 bits per heavy atom. The molecule has 0 spiro atoms. The molecular weight excluding hydrogens is 396 g/mol. The zero-order valence-corrected chi connectivity index (χ0v) is 15.5. The lowest BCUT2D eigenvalue weighted by Crippen LogP contribution is -2.44. The van der Waals surface area contributed by atoms with Crippen molar-refractivity contribution in [3.8, 4) is 0 Å². The highest BCUT2D eigenvalue weighted by Crippen LogP contribution is 2.20. The van der Waals surface area contributed by atoms with Gasteiger partial charge in [-0.15, -0.1) is 0 Å². The van der Waals surface area contributed by atoms with E-state index in [4.69, 9.17) is 16.3 Å². The maximum Gasteiger partial charge on any atom is 0.340 e. The van der Waals surface area contributed by atoms with Gasteiger partial charge in [0.15, 0.2) is 18.2 Å². The Kier molecular flexibility index (Phi) is 7.45. The maximum absolute atomic E-state index is 13.3. The van der Waals surface area contributed by atoms with E-state index in [1.807, 2.05) is 0 Å². The Balaban J connectivity index is 1.98. The summed E-state index contributed by atoms with van der Waals surface area (Å²) in [6, 6.07) is 9.10. The Morgan fingerprint density at radius 2 is 1.75 bits per heavy atom. The first-order chi connectivity index (χ1) is 13.3. The van der Waals surface area contributed by atoms with E-state index in [0.29, 0.717) is 12.1 Å². The molecule has 0 radical (unpaired) electrons. The summed E-state index contributed by atoms with van der Waals surface area (Å²) in [5.41, 5.74) is 0.353. The van der Waals surface area contributed by atoms with Gasteiger partial charge in [-0.05, 0) is 17.7 Å². The largest absolute Gasteiger partial charge is 0.467 e. The number of nitrogens with one attached hydrogen (secondary N) is 1. The van der Waals surface area contributed by atoms with E-state index in [9.17, 15) is 23.2 Å². The number of methoxy groups -OCH3 is 1. The van der Waals surface area contributed by atoms with Crippen LogP contribution in [-0.4, -0.2) is 37.6 Å². The lowest BCUT2D eigenvalue weighted by Gasteiger charge is -2.16. The molecular formula is C19H16ClF2NO5. The maximum atomic E-state index is 13.3. The summed E-state index contributed by atoms with van der Waals surface area (Å²) < 4.78 is 35.7. The number of benzene rings is 2. The number of esters is 2. The van der Waals surface area contributed by atoms with E-state index in [1.165, 1.54) is 7.11 Å².